The Morgan fingerprint density at radius 2 is 1.88 bits per heavy atom. The summed E-state index contributed by atoms with van der Waals surface area (Å²) in [6.07, 6.45) is 4.30. The number of benzene rings is 2. The molecule has 2 heterocycles. The number of para-hydroxylation sites is 1. The van der Waals surface area contributed by atoms with Crippen LogP contribution in [0.15, 0.2) is 42.5 Å². The molecule has 0 bridgehead atoms. The lowest BCUT2D eigenvalue weighted by atomic mass is 9.99. The predicted octanol–water partition coefficient (Wildman–Crippen LogP) is 4.47. The molecule has 1 aliphatic heterocycles. The first-order valence-corrected chi connectivity index (χ1v) is 10.1. The molecule has 0 amide bonds. The van der Waals surface area contributed by atoms with Crippen LogP contribution in [0.1, 0.15) is 23.2 Å². The van der Waals surface area contributed by atoms with Gasteiger partial charge in [-0.25, -0.2) is 0 Å². The fraction of sp³-hybridized carbons (Fsp3) is 0.333. The quantitative estimate of drug-likeness (QED) is 0.448. The van der Waals surface area contributed by atoms with Gasteiger partial charge in [0.15, 0.2) is 0 Å². The second-order valence-electron chi connectivity index (χ2n) is 6.55. The van der Waals surface area contributed by atoms with Gasteiger partial charge >= 0.3 is 0 Å². The lowest BCUT2D eigenvalue weighted by Crippen LogP contribution is -2.16. The zero-order chi connectivity index (χ0) is 17.1. The molecular weight excluding hydrogens is 423 g/mol. The van der Waals surface area contributed by atoms with Gasteiger partial charge in [-0.1, -0.05) is 24.3 Å². The molecule has 1 aliphatic rings. The molecule has 4 heteroatoms. The second kappa shape index (κ2) is 7.79. The van der Waals surface area contributed by atoms with Crippen molar-refractivity contribution in [3.8, 4) is 5.75 Å². The molecule has 1 aromatic heterocycles. The van der Waals surface area contributed by atoms with Gasteiger partial charge in [-0.15, -0.1) is 0 Å². The number of nitrogens with one attached hydrogen (secondary N) is 2. The first kappa shape index (κ1) is 16.9. The maximum atomic E-state index is 5.96. The molecule has 3 nitrogen and oxygen atoms in total. The Balaban J connectivity index is 1.48. The van der Waals surface area contributed by atoms with Gasteiger partial charge in [0.25, 0.3) is 0 Å². The Kier molecular flexibility index (Phi) is 5.27. The SMILES string of the molecule is Ic1ccccc1OCCCc1cccc2[nH]c3c(c12)CCNCC3. The van der Waals surface area contributed by atoms with Crippen molar-refractivity contribution in [3.63, 3.8) is 0 Å². The number of rotatable bonds is 5. The van der Waals surface area contributed by atoms with Crippen molar-refractivity contribution < 1.29 is 4.74 Å². The normalized spacial score (nSPS) is 14.3. The lowest BCUT2D eigenvalue weighted by Gasteiger charge is -2.09. The molecule has 2 aromatic carbocycles. The Labute approximate surface area is 162 Å². The third-order valence-corrected chi connectivity index (χ3v) is 5.78. The molecule has 0 atom stereocenters. The van der Waals surface area contributed by atoms with Gasteiger partial charge in [0, 0.05) is 29.6 Å². The van der Waals surface area contributed by atoms with Crippen LogP contribution in [0.3, 0.4) is 0 Å². The van der Waals surface area contributed by atoms with E-state index < -0.39 is 0 Å². The molecule has 0 saturated carbocycles. The molecule has 0 unspecified atom stereocenters. The number of aromatic nitrogens is 1. The number of fused-ring (bicyclic) bond motifs is 3. The summed E-state index contributed by atoms with van der Waals surface area (Å²) in [5.74, 6) is 0.989. The highest BCUT2D eigenvalue weighted by molar-refractivity contribution is 14.1. The molecule has 0 fully saturated rings. The average molecular weight is 446 g/mol. The van der Waals surface area contributed by atoms with Crippen LogP contribution < -0.4 is 10.1 Å². The van der Waals surface area contributed by atoms with Crippen molar-refractivity contribution in [2.45, 2.75) is 25.7 Å². The molecule has 4 rings (SSSR count). The van der Waals surface area contributed by atoms with E-state index in [2.05, 4.69) is 57.2 Å². The summed E-state index contributed by atoms with van der Waals surface area (Å²) in [6, 6.07) is 14.9. The fourth-order valence-electron chi connectivity index (χ4n) is 3.71. The zero-order valence-electron chi connectivity index (χ0n) is 14.3. The van der Waals surface area contributed by atoms with Gasteiger partial charge < -0.3 is 15.0 Å². The van der Waals surface area contributed by atoms with Gasteiger partial charge in [0.05, 0.1) is 10.2 Å². The minimum atomic E-state index is 0.755. The number of ether oxygens (including phenoxy) is 1. The summed E-state index contributed by atoms with van der Waals surface area (Å²) in [7, 11) is 0. The molecule has 0 aliphatic carbocycles. The van der Waals surface area contributed by atoms with Gasteiger partial charge in [0.1, 0.15) is 5.75 Å². The summed E-state index contributed by atoms with van der Waals surface area (Å²) in [5, 5.41) is 4.95. The van der Waals surface area contributed by atoms with Gasteiger partial charge in [-0.2, -0.15) is 0 Å². The standard InChI is InChI=1S/C21H23IN2O/c22-17-7-1-2-9-20(17)25-14-4-6-15-5-3-8-19-21(15)16-10-12-23-13-11-18(16)24-19/h1-3,5,7-9,23-24H,4,6,10-14H2. The minimum absolute atomic E-state index is 0.755. The summed E-state index contributed by atoms with van der Waals surface area (Å²) in [5.41, 5.74) is 5.68. The molecule has 130 valence electrons. The van der Waals surface area contributed by atoms with Crippen molar-refractivity contribution >= 4 is 33.5 Å². The molecular formula is C21H23IN2O. The van der Waals surface area contributed by atoms with Crippen molar-refractivity contribution in [2.75, 3.05) is 19.7 Å². The van der Waals surface area contributed by atoms with Crippen LogP contribution in [0.5, 0.6) is 5.75 Å². The second-order valence-corrected chi connectivity index (χ2v) is 7.72. The van der Waals surface area contributed by atoms with E-state index in [1.54, 1.807) is 0 Å². The molecule has 2 N–H and O–H groups in total. The third kappa shape index (κ3) is 3.70. The first-order chi connectivity index (χ1) is 12.3. The van der Waals surface area contributed by atoms with Gasteiger partial charge in [-0.3, -0.25) is 0 Å². The Morgan fingerprint density at radius 1 is 1.00 bits per heavy atom. The number of aromatic amines is 1. The van der Waals surface area contributed by atoms with Crippen LogP contribution in [0, 0.1) is 3.57 Å². The highest BCUT2D eigenvalue weighted by Gasteiger charge is 2.16. The largest absolute Gasteiger partial charge is 0.492 e. The third-order valence-electron chi connectivity index (χ3n) is 4.89. The highest BCUT2D eigenvalue weighted by Crippen LogP contribution is 2.29. The topological polar surface area (TPSA) is 37.0 Å². The van der Waals surface area contributed by atoms with E-state index in [9.17, 15) is 0 Å². The average Bonchev–Trinajstić information content (AvgIpc) is 2.82. The lowest BCUT2D eigenvalue weighted by molar-refractivity contribution is 0.309. The molecule has 0 spiro atoms. The Morgan fingerprint density at radius 3 is 2.80 bits per heavy atom. The number of H-pyrrole nitrogens is 1. The van der Waals surface area contributed by atoms with Crippen LogP contribution in [-0.4, -0.2) is 24.7 Å². The number of aryl methyl sites for hydroxylation is 1. The smallest absolute Gasteiger partial charge is 0.132 e. The number of halogens is 1. The van der Waals surface area contributed by atoms with E-state index in [4.69, 9.17) is 4.74 Å². The molecule has 0 saturated heterocycles. The Bertz CT molecular complexity index is 871. The van der Waals surface area contributed by atoms with Gasteiger partial charge in [-0.05, 0) is 77.7 Å². The van der Waals surface area contributed by atoms with Crippen molar-refractivity contribution in [1.82, 2.24) is 10.3 Å². The van der Waals surface area contributed by atoms with Gasteiger partial charge in [0.2, 0.25) is 0 Å². The summed E-state index contributed by atoms with van der Waals surface area (Å²) < 4.78 is 7.13. The highest BCUT2D eigenvalue weighted by atomic mass is 127. The maximum Gasteiger partial charge on any atom is 0.132 e. The molecule has 3 aromatic rings. The molecule has 0 radical (unpaired) electrons. The summed E-state index contributed by atoms with van der Waals surface area (Å²) in [4.78, 5) is 3.65. The van der Waals surface area contributed by atoms with Crippen LogP contribution >= 0.6 is 22.6 Å². The zero-order valence-corrected chi connectivity index (χ0v) is 16.4. The summed E-state index contributed by atoms with van der Waals surface area (Å²) >= 11 is 2.33. The van der Waals surface area contributed by atoms with Crippen molar-refractivity contribution in [2.24, 2.45) is 0 Å². The van der Waals surface area contributed by atoms with E-state index in [0.717, 1.165) is 51.1 Å². The van der Waals surface area contributed by atoms with Crippen LogP contribution in [0.2, 0.25) is 0 Å². The van der Waals surface area contributed by atoms with E-state index in [-0.39, 0.29) is 0 Å². The van der Waals surface area contributed by atoms with Crippen LogP contribution in [-0.2, 0) is 19.3 Å². The molecule has 25 heavy (non-hydrogen) atoms. The van der Waals surface area contributed by atoms with Crippen molar-refractivity contribution in [1.29, 1.82) is 0 Å². The predicted molar refractivity (Wildman–Crippen MR) is 112 cm³/mol. The van der Waals surface area contributed by atoms with E-state index in [0.29, 0.717) is 0 Å². The fourth-order valence-corrected chi connectivity index (χ4v) is 4.25. The van der Waals surface area contributed by atoms with Crippen molar-refractivity contribution in [3.05, 3.63) is 62.9 Å². The monoisotopic (exact) mass is 446 g/mol. The van der Waals surface area contributed by atoms with Crippen LogP contribution in [0.4, 0.5) is 0 Å². The van der Waals surface area contributed by atoms with Crippen LogP contribution in [0.25, 0.3) is 10.9 Å². The van der Waals surface area contributed by atoms with E-state index in [1.165, 1.54) is 31.3 Å². The number of hydrogen-bond acceptors (Lipinski definition) is 2. The minimum Gasteiger partial charge on any atom is -0.492 e. The maximum absolute atomic E-state index is 5.96. The van der Waals surface area contributed by atoms with E-state index >= 15 is 0 Å². The number of hydrogen-bond donors (Lipinski definition) is 2. The van der Waals surface area contributed by atoms with E-state index in [1.807, 2.05) is 18.2 Å². The summed E-state index contributed by atoms with van der Waals surface area (Å²) in [6.45, 7) is 2.90. The Hall–Kier alpha value is -1.53. The first-order valence-electron chi connectivity index (χ1n) is 9.02.